The molecule has 0 bridgehead atoms. The number of quaternary nitrogens is 1. The maximum absolute atomic E-state index is 9.58. The van der Waals surface area contributed by atoms with Crippen LogP contribution < -0.4 is 5.32 Å². The van der Waals surface area contributed by atoms with E-state index >= 15 is 0 Å². The Labute approximate surface area is 146 Å². The second-order valence-electron chi connectivity index (χ2n) is 7.97. The minimum Gasteiger partial charge on any atom is -0.394 e. The van der Waals surface area contributed by atoms with Gasteiger partial charge in [0.25, 0.3) is 0 Å². The molecule has 9 nitrogen and oxygen atoms in total. The highest BCUT2D eigenvalue weighted by atomic mass is 16.8. The first-order chi connectivity index (χ1) is 11.7. The second kappa shape index (κ2) is 6.08. The standard InChI is InChI=1S/C16H27NO8/c1-15(2)22-9-7(5-18)20-13(11(9)24-15)17-14-12-10(8(6-19)21-14)23-16(3,4)25-12/h7-14,17-19H,5-6H2,1-4H3/p+1/t7-,8+,9-,10+,11-,12+,13+,14-. The maximum Gasteiger partial charge on any atom is 0.222 e. The number of aliphatic hydroxyl groups is 2. The van der Waals surface area contributed by atoms with Crippen molar-refractivity contribution >= 4 is 0 Å². The van der Waals surface area contributed by atoms with Crippen molar-refractivity contribution in [2.75, 3.05) is 13.2 Å². The molecule has 0 aromatic carbocycles. The lowest BCUT2D eigenvalue weighted by Crippen LogP contribution is -2.99. The number of hydrogen-bond acceptors (Lipinski definition) is 8. The molecule has 8 atom stereocenters. The molecule has 0 unspecified atom stereocenters. The molecule has 4 heterocycles. The Hall–Kier alpha value is -0.360. The smallest absolute Gasteiger partial charge is 0.222 e. The molecule has 4 rings (SSSR count). The van der Waals surface area contributed by atoms with Crippen molar-refractivity contribution in [3.8, 4) is 0 Å². The lowest BCUT2D eigenvalue weighted by atomic mass is 10.1. The number of hydrogen-bond donors (Lipinski definition) is 3. The molecule has 0 amide bonds. The average Bonchev–Trinajstić information content (AvgIpc) is 3.18. The quantitative estimate of drug-likeness (QED) is 0.528. The Morgan fingerprint density at radius 2 is 1.04 bits per heavy atom. The Bertz CT molecular complexity index is 470. The predicted octanol–water partition coefficient (Wildman–Crippen LogP) is -1.98. The molecule has 144 valence electrons. The SMILES string of the molecule is CC1(C)O[C@@H]2[C@H](O1)[C@H]([NH2+][C@H]1O[C@H](CO)[C@H]3OC(C)(C)O[C@H]31)O[C@H]2CO. The Morgan fingerprint density at radius 3 is 1.40 bits per heavy atom. The molecule has 0 aromatic heterocycles. The monoisotopic (exact) mass is 362 g/mol. The van der Waals surface area contributed by atoms with Crippen LogP contribution in [-0.2, 0) is 28.4 Å². The summed E-state index contributed by atoms with van der Waals surface area (Å²) in [5.74, 6) is -1.44. The van der Waals surface area contributed by atoms with E-state index in [9.17, 15) is 10.2 Å². The normalized spacial score (nSPS) is 50.2. The summed E-state index contributed by atoms with van der Waals surface area (Å²) in [5, 5.41) is 21.0. The van der Waals surface area contributed by atoms with Gasteiger partial charge in [-0.3, -0.25) is 5.32 Å². The van der Waals surface area contributed by atoms with E-state index in [1.165, 1.54) is 0 Å². The third-order valence-corrected chi connectivity index (χ3v) is 5.11. The molecule has 0 saturated carbocycles. The fourth-order valence-electron chi connectivity index (χ4n) is 4.22. The maximum atomic E-state index is 9.58. The van der Waals surface area contributed by atoms with Gasteiger partial charge in [0.2, 0.25) is 12.5 Å². The van der Waals surface area contributed by atoms with Crippen LogP contribution in [0.25, 0.3) is 0 Å². The van der Waals surface area contributed by atoms with Gasteiger partial charge in [-0.1, -0.05) is 0 Å². The van der Waals surface area contributed by atoms with E-state index in [4.69, 9.17) is 28.4 Å². The van der Waals surface area contributed by atoms with Crippen LogP contribution in [0.15, 0.2) is 0 Å². The zero-order valence-corrected chi connectivity index (χ0v) is 15.0. The van der Waals surface area contributed by atoms with Crippen molar-refractivity contribution in [2.24, 2.45) is 0 Å². The van der Waals surface area contributed by atoms with Gasteiger partial charge in [-0.05, 0) is 27.7 Å². The summed E-state index contributed by atoms with van der Waals surface area (Å²) < 4.78 is 35.5. The van der Waals surface area contributed by atoms with Crippen molar-refractivity contribution in [2.45, 2.75) is 88.3 Å². The first kappa shape index (κ1) is 18.0. The van der Waals surface area contributed by atoms with Gasteiger partial charge in [0.05, 0.1) is 13.2 Å². The minimum atomic E-state index is -0.722. The summed E-state index contributed by atoms with van der Waals surface area (Å²) in [5.41, 5.74) is 0. The van der Waals surface area contributed by atoms with Gasteiger partial charge in [-0.15, -0.1) is 0 Å². The van der Waals surface area contributed by atoms with E-state index in [0.29, 0.717) is 0 Å². The number of fused-ring (bicyclic) bond motifs is 2. The topological polar surface area (TPSA) is 112 Å². The minimum absolute atomic E-state index is 0.144. The predicted molar refractivity (Wildman–Crippen MR) is 81.1 cm³/mol. The molecule has 0 spiro atoms. The van der Waals surface area contributed by atoms with Crippen molar-refractivity contribution in [1.29, 1.82) is 0 Å². The fourth-order valence-corrected chi connectivity index (χ4v) is 4.22. The summed E-state index contributed by atoms with van der Waals surface area (Å²) >= 11 is 0. The first-order valence-corrected chi connectivity index (χ1v) is 8.82. The van der Waals surface area contributed by atoms with Crippen LogP contribution in [0.3, 0.4) is 0 Å². The van der Waals surface area contributed by atoms with E-state index in [0.717, 1.165) is 0 Å². The lowest BCUT2D eigenvalue weighted by Gasteiger charge is -2.26. The van der Waals surface area contributed by atoms with Crippen LogP contribution >= 0.6 is 0 Å². The van der Waals surface area contributed by atoms with Crippen LogP contribution in [-0.4, -0.2) is 84.1 Å². The molecule has 25 heavy (non-hydrogen) atoms. The van der Waals surface area contributed by atoms with Gasteiger partial charge in [-0.2, -0.15) is 0 Å². The summed E-state index contributed by atoms with van der Waals surface area (Å²) in [4.78, 5) is 0. The van der Waals surface area contributed by atoms with Crippen LogP contribution in [0.1, 0.15) is 27.7 Å². The van der Waals surface area contributed by atoms with Gasteiger partial charge in [0.1, 0.15) is 24.4 Å². The van der Waals surface area contributed by atoms with Gasteiger partial charge in [0, 0.05) is 0 Å². The van der Waals surface area contributed by atoms with Crippen LogP contribution in [0.5, 0.6) is 0 Å². The second-order valence-corrected chi connectivity index (χ2v) is 7.97. The molecular formula is C16H28NO8+. The van der Waals surface area contributed by atoms with E-state index in [1.54, 1.807) is 0 Å². The van der Waals surface area contributed by atoms with Crippen LogP contribution in [0, 0.1) is 0 Å². The van der Waals surface area contributed by atoms with E-state index in [2.05, 4.69) is 0 Å². The Morgan fingerprint density at radius 1 is 0.680 bits per heavy atom. The highest BCUT2D eigenvalue weighted by Crippen LogP contribution is 2.39. The third-order valence-electron chi connectivity index (χ3n) is 5.11. The Kier molecular flexibility index (Phi) is 4.38. The largest absolute Gasteiger partial charge is 0.394 e. The summed E-state index contributed by atoms with van der Waals surface area (Å²) in [7, 11) is 0. The first-order valence-electron chi connectivity index (χ1n) is 8.82. The average molecular weight is 362 g/mol. The van der Waals surface area contributed by atoms with Gasteiger partial charge in [-0.25, -0.2) is 0 Å². The zero-order chi connectivity index (χ0) is 18.0. The molecule has 4 saturated heterocycles. The zero-order valence-electron chi connectivity index (χ0n) is 15.0. The number of rotatable bonds is 4. The summed E-state index contributed by atoms with van der Waals surface area (Å²) in [6.45, 7) is 7.09. The molecule has 4 aliphatic rings. The highest BCUT2D eigenvalue weighted by Gasteiger charge is 2.61. The van der Waals surface area contributed by atoms with E-state index in [1.807, 2.05) is 33.0 Å². The number of ether oxygens (including phenoxy) is 6. The molecule has 0 aliphatic carbocycles. The van der Waals surface area contributed by atoms with Crippen molar-refractivity contribution in [3.05, 3.63) is 0 Å². The number of nitrogens with two attached hydrogens (primary N) is 1. The lowest BCUT2D eigenvalue weighted by molar-refractivity contribution is -0.791. The van der Waals surface area contributed by atoms with Gasteiger partial charge < -0.3 is 38.6 Å². The van der Waals surface area contributed by atoms with Gasteiger partial charge in [0.15, 0.2) is 23.8 Å². The van der Waals surface area contributed by atoms with Crippen molar-refractivity contribution in [3.63, 3.8) is 0 Å². The van der Waals surface area contributed by atoms with Gasteiger partial charge >= 0.3 is 0 Å². The van der Waals surface area contributed by atoms with E-state index < -0.39 is 36.2 Å². The number of aliphatic hydroxyl groups excluding tert-OH is 2. The molecule has 0 radical (unpaired) electrons. The molecule has 4 N–H and O–H groups in total. The van der Waals surface area contributed by atoms with E-state index in [-0.39, 0.29) is 37.6 Å². The molecule has 4 aliphatic heterocycles. The van der Waals surface area contributed by atoms with Crippen LogP contribution in [0.2, 0.25) is 0 Å². The molecule has 9 heteroatoms. The summed E-state index contributed by atoms with van der Waals surface area (Å²) in [6.07, 6.45) is -3.00. The molecule has 4 fully saturated rings. The van der Waals surface area contributed by atoms with Crippen molar-refractivity contribution in [1.82, 2.24) is 0 Å². The highest BCUT2D eigenvalue weighted by molar-refractivity contribution is 4.96. The fraction of sp³-hybridized carbons (Fsp3) is 1.00. The van der Waals surface area contributed by atoms with Crippen LogP contribution in [0.4, 0.5) is 0 Å². The molecule has 0 aromatic rings. The Balaban J connectivity index is 1.48. The third kappa shape index (κ3) is 3.11. The van der Waals surface area contributed by atoms with Crippen molar-refractivity contribution < 1.29 is 44.0 Å². The molecular weight excluding hydrogens is 334 g/mol. The summed E-state index contributed by atoms with van der Waals surface area (Å²) in [6, 6.07) is 0.